The first-order chi connectivity index (χ1) is 8.12. The quantitative estimate of drug-likeness (QED) is 0.868. The number of aliphatic hydroxyl groups is 1. The lowest BCUT2D eigenvalue weighted by atomic mass is 9.76. The van der Waals surface area contributed by atoms with E-state index in [2.05, 4.69) is 26.0 Å². The van der Waals surface area contributed by atoms with Crippen LogP contribution in [0.2, 0.25) is 0 Å². The van der Waals surface area contributed by atoms with Gasteiger partial charge in [0.25, 0.3) is 0 Å². The average molecular weight is 232 g/mol. The fourth-order valence-electron chi connectivity index (χ4n) is 2.27. The zero-order chi connectivity index (χ0) is 12.3. The lowest BCUT2D eigenvalue weighted by Gasteiger charge is -2.33. The van der Waals surface area contributed by atoms with Crippen LogP contribution in [0.5, 0.6) is 0 Å². The van der Waals surface area contributed by atoms with E-state index >= 15 is 0 Å². The third-order valence-electron chi connectivity index (χ3n) is 3.51. The fraction of sp³-hybridized carbons (Fsp3) is 0.467. The predicted octanol–water partition coefficient (Wildman–Crippen LogP) is 3.02. The number of hydrogen-bond acceptors (Lipinski definition) is 2. The molecule has 2 rings (SSSR count). The Labute approximate surface area is 103 Å². The maximum absolute atomic E-state index is 10.5. The van der Waals surface area contributed by atoms with Gasteiger partial charge in [-0.2, -0.15) is 0 Å². The highest BCUT2D eigenvalue weighted by molar-refractivity contribution is 5.29. The van der Waals surface area contributed by atoms with Crippen molar-refractivity contribution >= 4 is 0 Å². The van der Waals surface area contributed by atoms with Gasteiger partial charge in [-0.05, 0) is 24.0 Å². The van der Waals surface area contributed by atoms with Crippen LogP contribution in [0.15, 0.2) is 42.2 Å². The number of aliphatic hydroxyl groups excluding tert-OH is 1. The standard InChI is InChI=1S/C15H20O2/c1-15(2,13-8-4-3-5-9-13)14(16)12-7-6-10-17-11-12/h3-5,8-9,11,14,16H,6-7,10H2,1-2H3. The van der Waals surface area contributed by atoms with Crippen molar-refractivity contribution in [3.05, 3.63) is 47.7 Å². The van der Waals surface area contributed by atoms with E-state index in [9.17, 15) is 5.11 Å². The second-order valence-electron chi connectivity index (χ2n) is 5.16. The lowest BCUT2D eigenvalue weighted by Crippen LogP contribution is -2.36. The molecule has 2 heteroatoms. The maximum Gasteiger partial charge on any atom is 0.0876 e. The molecule has 0 amide bonds. The minimum absolute atomic E-state index is 0.284. The molecule has 1 unspecified atom stereocenters. The number of hydrogen-bond donors (Lipinski definition) is 1. The second kappa shape index (κ2) is 4.92. The monoisotopic (exact) mass is 232 g/mol. The SMILES string of the molecule is CC(C)(c1ccccc1)C(O)C1=COCCC1. The molecular weight excluding hydrogens is 212 g/mol. The van der Waals surface area contributed by atoms with Crippen molar-refractivity contribution < 1.29 is 9.84 Å². The molecule has 0 fully saturated rings. The van der Waals surface area contributed by atoms with Crippen LogP contribution < -0.4 is 0 Å². The van der Waals surface area contributed by atoms with E-state index in [-0.39, 0.29) is 5.41 Å². The van der Waals surface area contributed by atoms with Crippen LogP contribution in [-0.2, 0) is 10.2 Å². The summed E-state index contributed by atoms with van der Waals surface area (Å²) in [5.41, 5.74) is 1.87. The van der Waals surface area contributed by atoms with Crippen molar-refractivity contribution in [2.24, 2.45) is 0 Å². The Morgan fingerprint density at radius 2 is 1.94 bits per heavy atom. The molecule has 1 aliphatic rings. The fourth-order valence-corrected chi connectivity index (χ4v) is 2.27. The van der Waals surface area contributed by atoms with Gasteiger partial charge in [0.05, 0.1) is 19.0 Å². The molecule has 0 saturated carbocycles. The van der Waals surface area contributed by atoms with Gasteiger partial charge in [0.15, 0.2) is 0 Å². The molecule has 0 spiro atoms. The second-order valence-corrected chi connectivity index (χ2v) is 5.16. The maximum atomic E-state index is 10.5. The van der Waals surface area contributed by atoms with Crippen LogP contribution in [0, 0.1) is 0 Å². The van der Waals surface area contributed by atoms with Crippen LogP contribution in [0.4, 0.5) is 0 Å². The summed E-state index contributed by atoms with van der Waals surface area (Å²) in [5, 5.41) is 10.5. The summed E-state index contributed by atoms with van der Waals surface area (Å²) in [7, 11) is 0. The van der Waals surface area contributed by atoms with Crippen molar-refractivity contribution in [1.82, 2.24) is 0 Å². The van der Waals surface area contributed by atoms with Gasteiger partial charge in [-0.1, -0.05) is 44.2 Å². The van der Waals surface area contributed by atoms with Crippen LogP contribution in [-0.4, -0.2) is 17.8 Å². The van der Waals surface area contributed by atoms with Crippen molar-refractivity contribution in [3.8, 4) is 0 Å². The van der Waals surface area contributed by atoms with Gasteiger partial charge in [-0.15, -0.1) is 0 Å². The first-order valence-electron chi connectivity index (χ1n) is 6.16. The third kappa shape index (κ3) is 2.52. The zero-order valence-corrected chi connectivity index (χ0v) is 10.5. The molecule has 92 valence electrons. The van der Waals surface area contributed by atoms with Gasteiger partial charge in [0.2, 0.25) is 0 Å². The van der Waals surface area contributed by atoms with Crippen LogP contribution >= 0.6 is 0 Å². The highest BCUT2D eigenvalue weighted by atomic mass is 16.5. The van der Waals surface area contributed by atoms with Gasteiger partial charge in [-0.25, -0.2) is 0 Å². The highest BCUT2D eigenvalue weighted by Crippen LogP contribution is 2.33. The summed E-state index contributed by atoms with van der Waals surface area (Å²) in [6.07, 6.45) is 3.18. The molecule has 1 aliphatic heterocycles. The Bertz CT molecular complexity index is 393. The van der Waals surface area contributed by atoms with E-state index in [1.807, 2.05) is 18.2 Å². The third-order valence-corrected chi connectivity index (χ3v) is 3.51. The molecule has 0 bridgehead atoms. The normalized spacial score (nSPS) is 18.2. The summed E-state index contributed by atoms with van der Waals surface area (Å²) in [5.74, 6) is 0. The Balaban J connectivity index is 2.23. The summed E-state index contributed by atoms with van der Waals surface area (Å²) in [6, 6.07) is 10.1. The first-order valence-corrected chi connectivity index (χ1v) is 6.16. The zero-order valence-electron chi connectivity index (χ0n) is 10.5. The van der Waals surface area contributed by atoms with E-state index in [1.165, 1.54) is 0 Å². The van der Waals surface area contributed by atoms with Crippen molar-refractivity contribution in [2.45, 2.75) is 38.2 Å². The van der Waals surface area contributed by atoms with Gasteiger partial charge < -0.3 is 9.84 Å². The Morgan fingerprint density at radius 1 is 1.24 bits per heavy atom. The predicted molar refractivity (Wildman–Crippen MR) is 68.7 cm³/mol. The van der Waals surface area contributed by atoms with Gasteiger partial charge >= 0.3 is 0 Å². The van der Waals surface area contributed by atoms with Crippen molar-refractivity contribution in [3.63, 3.8) is 0 Å². The van der Waals surface area contributed by atoms with Crippen LogP contribution in [0.25, 0.3) is 0 Å². The molecule has 1 N–H and O–H groups in total. The molecule has 0 radical (unpaired) electrons. The number of benzene rings is 1. The lowest BCUT2D eigenvalue weighted by molar-refractivity contribution is 0.113. The topological polar surface area (TPSA) is 29.5 Å². The van der Waals surface area contributed by atoms with E-state index in [1.54, 1.807) is 6.26 Å². The van der Waals surface area contributed by atoms with Crippen LogP contribution in [0.3, 0.4) is 0 Å². The Morgan fingerprint density at radius 3 is 2.53 bits per heavy atom. The summed E-state index contributed by atoms with van der Waals surface area (Å²) in [6.45, 7) is 4.91. The molecule has 2 nitrogen and oxygen atoms in total. The number of ether oxygens (including phenoxy) is 1. The van der Waals surface area contributed by atoms with Gasteiger partial charge in [0.1, 0.15) is 0 Å². The summed E-state index contributed by atoms with van der Waals surface area (Å²) < 4.78 is 5.31. The Hall–Kier alpha value is -1.28. The summed E-state index contributed by atoms with van der Waals surface area (Å²) in [4.78, 5) is 0. The van der Waals surface area contributed by atoms with Crippen molar-refractivity contribution in [2.75, 3.05) is 6.61 Å². The van der Waals surface area contributed by atoms with Crippen LogP contribution in [0.1, 0.15) is 32.3 Å². The molecule has 1 aromatic rings. The smallest absolute Gasteiger partial charge is 0.0876 e. The average Bonchev–Trinajstić information content (AvgIpc) is 2.40. The van der Waals surface area contributed by atoms with E-state index < -0.39 is 6.10 Å². The molecular formula is C15H20O2. The van der Waals surface area contributed by atoms with Gasteiger partial charge in [0, 0.05) is 5.41 Å². The van der Waals surface area contributed by atoms with Gasteiger partial charge in [-0.3, -0.25) is 0 Å². The molecule has 1 atom stereocenters. The minimum atomic E-state index is -0.481. The molecule has 1 heterocycles. The molecule has 0 aromatic heterocycles. The molecule has 1 aromatic carbocycles. The largest absolute Gasteiger partial charge is 0.501 e. The number of rotatable bonds is 3. The first kappa shape index (κ1) is 12.2. The minimum Gasteiger partial charge on any atom is -0.501 e. The van der Waals surface area contributed by atoms with E-state index in [4.69, 9.17) is 4.74 Å². The van der Waals surface area contributed by atoms with E-state index in [0.717, 1.165) is 30.6 Å². The summed E-state index contributed by atoms with van der Waals surface area (Å²) >= 11 is 0. The molecule has 17 heavy (non-hydrogen) atoms. The Kier molecular flexibility index (Phi) is 3.53. The molecule has 0 aliphatic carbocycles. The van der Waals surface area contributed by atoms with E-state index in [0.29, 0.717) is 0 Å². The molecule has 0 saturated heterocycles. The van der Waals surface area contributed by atoms with Crippen molar-refractivity contribution in [1.29, 1.82) is 0 Å². The highest BCUT2D eigenvalue weighted by Gasteiger charge is 2.32.